The average molecular weight is 396 g/mol. The highest BCUT2D eigenvalue weighted by Gasteiger charge is 2.16. The number of benzene rings is 2. The summed E-state index contributed by atoms with van der Waals surface area (Å²) >= 11 is 0. The van der Waals surface area contributed by atoms with E-state index in [-0.39, 0.29) is 11.7 Å². The van der Waals surface area contributed by atoms with Gasteiger partial charge in [0.15, 0.2) is 0 Å². The van der Waals surface area contributed by atoms with Crippen molar-refractivity contribution in [1.29, 1.82) is 0 Å². The number of hydrogen-bond acceptors (Lipinski definition) is 3. The topological polar surface area (TPSA) is 35.6 Å². The summed E-state index contributed by atoms with van der Waals surface area (Å²) in [5.74, 6) is -0.501. The minimum atomic E-state index is -0.320. The van der Waals surface area contributed by atoms with Gasteiger partial charge in [-0.3, -0.25) is 9.69 Å². The maximum absolute atomic E-state index is 13.5. The van der Waals surface area contributed by atoms with Crippen LogP contribution in [0.2, 0.25) is 0 Å². The van der Waals surface area contributed by atoms with Crippen molar-refractivity contribution in [2.24, 2.45) is 0 Å². The van der Waals surface area contributed by atoms with Gasteiger partial charge in [-0.05, 0) is 56.1 Å². The second-order valence-corrected chi connectivity index (χ2v) is 7.52. The van der Waals surface area contributed by atoms with Crippen molar-refractivity contribution in [1.82, 2.24) is 10.2 Å². The molecule has 2 aromatic rings. The summed E-state index contributed by atoms with van der Waals surface area (Å²) in [6.07, 6.45) is 4.90. The van der Waals surface area contributed by atoms with Crippen LogP contribution in [-0.4, -0.2) is 50.1 Å². The molecule has 1 heterocycles. The summed E-state index contributed by atoms with van der Waals surface area (Å²) in [4.78, 5) is 16.8. The molecule has 0 atom stereocenters. The summed E-state index contributed by atoms with van der Waals surface area (Å²) in [6.45, 7) is 8.10. The van der Waals surface area contributed by atoms with E-state index in [2.05, 4.69) is 46.3 Å². The van der Waals surface area contributed by atoms with E-state index in [4.69, 9.17) is 0 Å². The highest BCUT2D eigenvalue weighted by atomic mass is 19.1. The molecule has 1 amide bonds. The number of halogens is 1. The third-order valence-corrected chi connectivity index (χ3v) is 5.26. The minimum absolute atomic E-state index is 0.181. The Bertz CT molecular complexity index is 828. The Morgan fingerprint density at radius 3 is 2.62 bits per heavy atom. The van der Waals surface area contributed by atoms with Crippen LogP contribution in [0, 0.1) is 12.7 Å². The summed E-state index contributed by atoms with van der Waals surface area (Å²) < 4.78 is 13.5. The quantitative estimate of drug-likeness (QED) is 0.545. The summed E-state index contributed by atoms with van der Waals surface area (Å²) in [5, 5.41) is 2.87. The number of aryl methyl sites for hydroxylation is 1. The van der Waals surface area contributed by atoms with Crippen LogP contribution < -0.4 is 10.2 Å². The molecule has 29 heavy (non-hydrogen) atoms. The van der Waals surface area contributed by atoms with Gasteiger partial charge in [-0.15, -0.1) is 0 Å². The fourth-order valence-corrected chi connectivity index (χ4v) is 3.56. The zero-order valence-electron chi connectivity index (χ0n) is 17.1. The molecule has 1 N–H and O–H groups in total. The predicted octanol–water partition coefficient (Wildman–Crippen LogP) is 3.87. The Morgan fingerprint density at radius 1 is 1.07 bits per heavy atom. The van der Waals surface area contributed by atoms with E-state index in [9.17, 15) is 9.18 Å². The Balaban J connectivity index is 1.28. The van der Waals surface area contributed by atoms with Crippen molar-refractivity contribution >= 4 is 17.7 Å². The second kappa shape index (κ2) is 10.8. The molecule has 4 nitrogen and oxygen atoms in total. The van der Waals surface area contributed by atoms with Gasteiger partial charge in [0.2, 0.25) is 5.91 Å². The molecule has 5 heteroatoms. The molecule has 0 radical (unpaired) electrons. The number of piperazine rings is 1. The first-order valence-electron chi connectivity index (χ1n) is 10.4. The molecule has 0 spiro atoms. The number of carbonyl (C=O) groups excluding carboxylic acids is 1. The molecule has 0 aliphatic carbocycles. The normalized spacial score (nSPS) is 15.0. The number of nitrogens with one attached hydrogen (secondary N) is 1. The molecule has 0 saturated carbocycles. The van der Waals surface area contributed by atoms with E-state index in [0.29, 0.717) is 12.1 Å². The fraction of sp³-hybridized carbons (Fsp3) is 0.375. The lowest BCUT2D eigenvalue weighted by atomic mass is 10.2. The van der Waals surface area contributed by atoms with Gasteiger partial charge in [0.05, 0.1) is 0 Å². The number of carbonyl (C=O) groups is 1. The Morgan fingerprint density at radius 2 is 1.86 bits per heavy atom. The fourth-order valence-electron chi connectivity index (χ4n) is 3.56. The van der Waals surface area contributed by atoms with Crippen LogP contribution in [0.1, 0.15) is 24.0 Å². The summed E-state index contributed by atoms with van der Waals surface area (Å²) in [6, 6.07) is 15.1. The smallest absolute Gasteiger partial charge is 0.244 e. The van der Waals surface area contributed by atoms with Crippen LogP contribution >= 0.6 is 0 Å². The maximum atomic E-state index is 13.5. The molecular weight excluding hydrogens is 365 g/mol. The average Bonchev–Trinajstić information content (AvgIpc) is 2.73. The number of hydrogen-bond donors (Lipinski definition) is 1. The molecule has 1 aliphatic heterocycles. The number of amides is 1. The summed E-state index contributed by atoms with van der Waals surface area (Å²) in [7, 11) is 0. The van der Waals surface area contributed by atoms with Gasteiger partial charge >= 0.3 is 0 Å². The van der Waals surface area contributed by atoms with E-state index in [0.717, 1.165) is 45.6 Å². The van der Waals surface area contributed by atoms with Gasteiger partial charge in [0.25, 0.3) is 0 Å². The third kappa shape index (κ3) is 6.71. The first kappa shape index (κ1) is 21.1. The van der Waals surface area contributed by atoms with Crippen LogP contribution in [0.25, 0.3) is 6.08 Å². The number of unbranched alkanes of at least 4 members (excludes halogenated alkanes) is 1. The van der Waals surface area contributed by atoms with Gasteiger partial charge in [0, 0.05) is 50.1 Å². The number of anilines is 1. The van der Waals surface area contributed by atoms with E-state index in [1.165, 1.54) is 29.5 Å². The van der Waals surface area contributed by atoms with Gasteiger partial charge in [-0.1, -0.05) is 30.3 Å². The molecule has 1 aliphatic rings. The summed E-state index contributed by atoms with van der Waals surface area (Å²) in [5.41, 5.74) is 3.04. The SMILES string of the molecule is Cc1cccc(N2CCN(CCCCNC(=O)/C=C/c3ccccc3F)CC2)c1. The van der Waals surface area contributed by atoms with E-state index < -0.39 is 0 Å². The Labute approximate surface area is 173 Å². The van der Waals surface area contributed by atoms with Crippen molar-refractivity contribution in [2.75, 3.05) is 44.2 Å². The highest BCUT2D eigenvalue weighted by molar-refractivity contribution is 5.91. The maximum Gasteiger partial charge on any atom is 0.244 e. The molecule has 0 bridgehead atoms. The van der Waals surface area contributed by atoms with Crippen LogP contribution in [0.4, 0.5) is 10.1 Å². The van der Waals surface area contributed by atoms with E-state index in [1.54, 1.807) is 18.2 Å². The number of nitrogens with zero attached hydrogens (tertiary/aromatic N) is 2. The van der Waals surface area contributed by atoms with Gasteiger partial charge in [0.1, 0.15) is 5.82 Å². The van der Waals surface area contributed by atoms with Crippen molar-refractivity contribution in [3.8, 4) is 0 Å². The van der Waals surface area contributed by atoms with Crippen LogP contribution in [-0.2, 0) is 4.79 Å². The Kier molecular flexibility index (Phi) is 7.82. The van der Waals surface area contributed by atoms with Crippen molar-refractivity contribution in [2.45, 2.75) is 19.8 Å². The van der Waals surface area contributed by atoms with Crippen molar-refractivity contribution in [3.63, 3.8) is 0 Å². The zero-order valence-corrected chi connectivity index (χ0v) is 17.1. The monoisotopic (exact) mass is 395 g/mol. The van der Waals surface area contributed by atoms with Gasteiger partial charge < -0.3 is 10.2 Å². The second-order valence-electron chi connectivity index (χ2n) is 7.52. The predicted molar refractivity (Wildman–Crippen MR) is 118 cm³/mol. The third-order valence-electron chi connectivity index (χ3n) is 5.26. The van der Waals surface area contributed by atoms with Crippen molar-refractivity contribution < 1.29 is 9.18 Å². The first-order chi connectivity index (χ1) is 14.1. The lowest BCUT2D eigenvalue weighted by Gasteiger charge is -2.36. The zero-order chi connectivity index (χ0) is 20.5. The standard InChI is InChI=1S/C24H30FN3O/c1-20-7-6-9-22(19-20)28-17-15-27(16-18-28)14-5-4-13-26-24(29)12-11-21-8-2-3-10-23(21)25/h2-3,6-12,19H,4-5,13-18H2,1H3,(H,26,29)/b12-11+. The van der Waals surface area contributed by atoms with Crippen LogP contribution in [0.5, 0.6) is 0 Å². The molecule has 0 unspecified atom stereocenters. The lowest BCUT2D eigenvalue weighted by molar-refractivity contribution is -0.116. The van der Waals surface area contributed by atoms with Crippen LogP contribution in [0.3, 0.4) is 0 Å². The highest BCUT2D eigenvalue weighted by Crippen LogP contribution is 2.17. The molecule has 0 aromatic heterocycles. The lowest BCUT2D eigenvalue weighted by Crippen LogP contribution is -2.46. The first-order valence-corrected chi connectivity index (χ1v) is 10.4. The minimum Gasteiger partial charge on any atom is -0.369 e. The Hall–Kier alpha value is -2.66. The van der Waals surface area contributed by atoms with Gasteiger partial charge in [-0.25, -0.2) is 4.39 Å². The molecule has 2 aromatic carbocycles. The molecule has 3 rings (SSSR count). The van der Waals surface area contributed by atoms with Gasteiger partial charge in [-0.2, -0.15) is 0 Å². The van der Waals surface area contributed by atoms with Crippen molar-refractivity contribution in [3.05, 3.63) is 71.6 Å². The molecule has 154 valence electrons. The van der Waals surface area contributed by atoms with E-state index in [1.807, 2.05) is 0 Å². The molecule has 1 saturated heterocycles. The van der Waals surface area contributed by atoms with Crippen LogP contribution in [0.15, 0.2) is 54.6 Å². The molecular formula is C24H30FN3O. The largest absolute Gasteiger partial charge is 0.369 e. The number of rotatable bonds is 8. The molecule has 1 fully saturated rings. The van der Waals surface area contributed by atoms with E-state index >= 15 is 0 Å².